The number of rotatable bonds is 2. The minimum absolute atomic E-state index is 0.0563. The molecule has 124 valence electrons. The zero-order chi connectivity index (χ0) is 16.6. The number of carbonyl (C=O) groups is 2. The van der Waals surface area contributed by atoms with Crippen molar-refractivity contribution in [3.05, 3.63) is 29.3 Å². The summed E-state index contributed by atoms with van der Waals surface area (Å²) in [6.07, 6.45) is 2.78. The third kappa shape index (κ3) is 3.11. The molecule has 0 saturated carbocycles. The maximum absolute atomic E-state index is 12.7. The van der Waals surface area contributed by atoms with Crippen molar-refractivity contribution in [3.63, 3.8) is 0 Å². The first kappa shape index (κ1) is 16.0. The molecule has 5 heteroatoms. The molecule has 1 aromatic carbocycles. The summed E-state index contributed by atoms with van der Waals surface area (Å²) in [4.78, 5) is 28.0. The number of amides is 2. The van der Waals surface area contributed by atoms with Gasteiger partial charge < -0.3 is 15.5 Å². The van der Waals surface area contributed by atoms with Gasteiger partial charge in [0.1, 0.15) is 0 Å². The van der Waals surface area contributed by atoms with Gasteiger partial charge in [-0.2, -0.15) is 0 Å². The first-order valence-electron chi connectivity index (χ1n) is 8.43. The summed E-state index contributed by atoms with van der Waals surface area (Å²) in [5.41, 5.74) is 8.74. The summed E-state index contributed by atoms with van der Waals surface area (Å²) in [6, 6.07) is 5.91. The third-order valence-corrected chi connectivity index (χ3v) is 5.17. The van der Waals surface area contributed by atoms with E-state index < -0.39 is 0 Å². The van der Waals surface area contributed by atoms with Crippen LogP contribution in [0, 0.1) is 5.92 Å². The second kappa shape index (κ2) is 6.32. The van der Waals surface area contributed by atoms with E-state index in [-0.39, 0.29) is 17.9 Å². The van der Waals surface area contributed by atoms with Gasteiger partial charge in [-0.15, -0.1) is 0 Å². The molecular weight excluding hydrogens is 290 g/mol. The van der Waals surface area contributed by atoms with Crippen LogP contribution in [0.5, 0.6) is 0 Å². The normalized spacial score (nSPS) is 19.6. The highest BCUT2D eigenvalue weighted by Crippen LogP contribution is 2.30. The minimum atomic E-state index is 0.0563. The average molecular weight is 315 g/mol. The fourth-order valence-electron chi connectivity index (χ4n) is 3.67. The summed E-state index contributed by atoms with van der Waals surface area (Å²) < 4.78 is 0. The zero-order valence-electron chi connectivity index (χ0n) is 13.9. The predicted molar refractivity (Wildman–Crippen MR) is 90.4 cm³/mol. The number of anilines is 1. The van der Waals surface area contributed by atoms with Crippen molar-refractivity contribution in [2.75, 3.05) is 24.5 Å². The Morgan fingerprint density at radius 1 is 1.22 bits per heavy atom. The van der Waals surface area contributed by atoms with Crippen LogP contribution in [0.2, 0.25) is 0 Å². The highest BCUT2D eigenvalue weighted by atomic mass is 16.2. The van der Waals surface area contributed by atoms with Crippen LogP contribution in [-0.4, -0.2) is 42.4 Å². The van der Waals surface area contributed by atoms with E-state index in [2.05, 4.69) is 0 Å². The van der Waals surface area contributed by atoms with Gasteiger partial charge in [0.05, 0.1) is 0 Å². The maximum Gasteiger partial charge on any atom is 0.253 e. The number of carbonyl (C=O) groups excluding carboxylic acids is 2. The van der Waals surface area contributed by atoms with Gasteiger partial charge in [0.2, 0.25) is 5.91 Å². The lowest BCUT2D eigenvalue weighted by atomic mass is 9.90. The SMILES string of the molecule is CC(=O)N1CCc2cc(C(=O)N3CCC(C(C)N)CC3)ccc21. The van der Waals surface area contributed by atoms with Crippen LogP contribution < -0.4 is 10.6 Å². The van der Waals surface area contributed by atoms with E-state index in [4.69, 9.17) is 5.73 Å². The van der Waals surface area contributed by atoms with Gasteiger partial charge in [-0.1, -0.05) is 0 Å². The van der Waals surface area contributed by atoms with Crippen LogP contribution >= 0.6 is 0 Å². The standard InChI is InChI=1S/C18H25N3O2/c1-12(19)14-5-8-20(9-6-14)18(23)16-3-4-17-15(11-16)7-10-21(17)13(2)22/h3-4,11-12,14H,5-10,19H2,1-2H3. The van der Waals surface area contributed by atoms with E-state index in [0.717, 1.165) is 49.2 Å². The number of nitrogens with zero attached hydrogens (tertiary/aromatic N) is 2. The minimum Gasteiger partial charge on any atom is -0.339 e. The highest BCUT2D eigenvalue weighted by molar-refractivity contribution is 5.97. The zero-order valence-corrected chi connectivity index (χ0v) is 13.9. The van der Waals surface area contributed by atoms with Gasteiger partial charge >= 0.3 is 0 Å². The summed E-state index contributed by atoms with van der Waals surface area (Å²) in [5.74, 6) is 0.668. The maximum atomic E-state index is 12.7. The molecule has 1 saturated heterocycles. The van der Waals surface area contributed by atoms with E-state index in [0.29, 0.717) is 12.5 Å². The van der Waals surface area contributed by atoms with E-state index in [1.54, 1.807) is 11.8 Å². The van der Waals surface area contributed by atoms with Gasteiger partial charge in [0.25, 0.3) is 5.91 Å². The fraction of sp³-hybridized carbons (Fsp3) is 0.556. The van der Waals surface area contributed by atoms with Crippen LogP contribution in [0.15, 0.2) is 18.2 Å². The Morgan fingerprint density at radius 3 is 2.52 bits per heavy atom. The molecular formula is C18H25N3O2. The molecule has 1 unspecified atom stereocenters. The van der Waals surface area contributed by atoms with Crippen molar-refractivity contribution in [2.24, 2.45) is 11.7 Å². The van der Waals surface area contributed by atoms with Crippen LogP contribution in [0.3, 0.4) is 0 Å². The number of benzene rings is 1. The lowest BCUT2D eigenvalue weighted by Gasteiger charge is -2.33. The van der Waals surface area contributed by atoms with E-state index in [9.17, 15) is 9.59 Å². The first-order chi connectivity index (χ1) is 11.0. The summed E-state index contributed by atoms with van der Waals surface area (Å²) in [6.45, 7) is 5.89. The van der Waals surface area contributed by atoms with Gasteiger partial charge in [-0.05, 0) is 55.9 Å². The van der Waals surface area contributed by atoms with Crippen molar-refractivity contribution in [2.45, 2.75) is 39.2 Å². The molecule has 5 nitrogen and oxygen atoms in total. The Kier molecular flexibility index (Phi) is 4.39. The molecule has 0 aromatic heterocycles. The molecule has 2 amide bonds. The van der Waals surface area contributed by atoms with Gasteiger partial charge in [-0.3, -0.25) is 9.59 Å². The average Bonchev–Trinajstić information content (AvgIpc) is 2.97. The Balaban J connectivity index is 1.71. The van der Waals surface area contributed by atoms with Crippen LogP contribution in [-0.2, 0) is 11.2 Å². The smallest absolute Gasteiger partial charge is 0.253 e. The quantitative estimate of drug-likeness (QED) is 0.905. The number of fused-ring (bicyclic) bond motifs is 1. The van der Waals surface area contributed by atoms with Crippen molar-refractivity contribution in [3.8, 4) is 0 Å². The molecule has 0 bridgehead atoms. The first-order valence-corrected chi connectivity index (χ1v) is 8.43. The molecule has 2 N–H and O–H groups in total. The Bertz CT molecular complexity index is 619. The van der Waals surface area contributed by atoms with Crippen molar-refractivity contribution < 1.29 is 9.59 Å². The second-order valence-corrected chi connectivity index (χ2v) is 6.75. The number of hydrogen-bond donors (Lipinski definition) is 1. The molecule has 2 heterocycles. The molecule has 0 aliphatic carbocycles. The molecule has 2 aliphatic heterocycles. The summed E-state index contributed by atoms with van der Waals surface area (Å²) in [5, 5.41) is 0. The summed E-state index contributed by atoms with van der Waals surface area (Å²) >= 11 is 0. The number of piperidine rings is 1. The lowest BCUT2D eigenvalue weighted by Crippen LogP contribution is -2.42. The molecule has 3 rings (SSSR count). The molecule has 23 heavy (non-hydrogen) atoms. The Labute approximate surface area is 137 Å². The molecule has 1 aromatic rings. The van der Waals surface area contributed by atoms with Crippen LogP contribution in [0.4, 0.5) is 5.69 Å². The van der Waals surface area contributed by atoms with Crippen molar-refractivity contribution in [1.29, 1.82) is 0 Å². The molecule has 2 aliphatic rings. The fourth-order valence-corrected chi connectivity index (χ4v) is 3.67. The molecule has 1 fully saturated rings. The summed E-state index contributed by atoms with van der Waals surface area (Å²) in [7, 11) is 0. The van der Waals surface area contributed by atoms with Crippen LogP contribution in [0.1, 0.15) is 42.6 Å². The van der Waals surface area contributed by atoms with Crippen LogP contribution in [0.25, 0.3) is 0 Å². The number of hydrogen-bond acceptors (Lipinski definition) is 3. The number of nitrogens with two attached hydrogens (primary N) is 1. The number of likely N-dealkylation sites (tertiary alicyclic amines) is 1. The monoisotopic (exact) mass is 315 g/mol. The van der Waals surface area contributed by atoms with Crippen molar-refractivity contribution in [1.82, 2.24) is 4.90 Å². The van der Waals surface area contributed by atoms with Gasteiger partial charge in [0.15, 0.2) is 0 Å². The lowest BCUT2D eigenvalue weighted by molar-refractivity contribution is -0.116. The van der Waals surface area contributed by atoms with E-state index in [1.807, 2.05) is 30.0 Å². The highest BCUT2D eigenvalue weighted by Gasteiger charge is 2.27. The Hall–Kier alpha value is -1.88. The largest absolute Gasteiger partial charge is 0.339 e. The van der Waals surface area contributed by atoms with Gasteiger partial charge in [-0.25, -0.2) is 0 Å². The topological polar surface area (TPSA) is 66.6 Å². The third-order valence-electron chi connectivity index (χ3n) is 5.17. The molecule has 0 radical (unpaired) electrons. The van der Waals surface area contributed by atoms with Crippen molar-refractivity contribution >= 4 is 17.5 Å². The molecule has 0 spiro atoms. The predicted octanol–water partition coefficient (Wildman–Crippen LogP) is 1.79. The second-order valence-electron chi connectivity index (χ2n) is 6.75. The molecule has 1 atom stereocenters. The van der Waals surface area contributed by atoms with E-state index in [1.165, 1.54) is 0 Å². The van der Waals surface area contributed by atoms with E-state index >= 15 is 0 Å². The van der Waals surface area contributed by atoms with Gasteiger partial charge in [0, 0.05) is 43.9 Å². The Morgan fingerprint density at radius 2 is 1.91 bits per heavy atom.